The number of rotatable bonds is 7. The van der Waals surface area contributed by atoms with Gasteiger partial charge >= 0.3 is 5.97 Å². The van der Waals surface area contributed by atoms with E-state index in [1.807, 2.05) is 25.1 Å². The number of benzene rings is 1. The lowest BCUT2D eigenvalue weighted by molar-refractivity contribution is -0.144. The van der Waals surface area contributed by atoms with Crippen LogP contribution in [0.2, 0.25) is 0 Å². The summed E-state index contributed by atoms with van der Waals surface area (Å²) in [4.78, 5) is 11.6. The monoisotopic (exact) mass is 290 g/mol. The van der Waals surface area contributed by atoms with Crippen molar-refractivity contribution >= 4 is 5.97 Å². The number of ether oxygens (including phenoxy) is 2. The first-order valence-corrected chi connectivity index (χ1v) is 8.05. The van der Waals surface area contributed by atoms with Gasteiger partial charge in [0.15, 0.2) is 0 Å². The lowest BCUT2D eigenvalue weighted by Crippen LogP contribution is -2.22. The van der Waals surface area contributed by atoms with Crippen molar-refractivity contribution in [2.75, 3.05) is 13.2 Å². The van der Waals surface area contributed by atoms with Crippen LogP contribution >= 0.6 is 0 Å². The van der Waals surface area contributed by atoms with Gasteiger partial charge in [0.05, 0.1) is 13.2 Å². The maximum atomic E-state index is 11.6. The van der Waals surface area contributed by atoms with Crippen LogP contribution in [0.3, 0.4) is 0 Å². The zero-order valence-corrected chi connectivity index (χ0v) is 12.9. The molecular weight excluding hydrogens is 264 g/mol. The van der Waals surface area contributed by atoms with Gasteiger partial charge in [-0.3, -0.25) is 4.79 Å². The second-order valence-corrected chi connectivity index (χ2v) is 5.91. The molecule has 0 bridgehead atoms. The smallest absolute Gasteiger partial charge is 0.306 e. The van der Waals surface area contributed by atoms with Crippen LogP contribution < -0.4 is 0 Å². The largest absolute Gasteiger partial charge is 0.466 e. The Morgan fingerprint density at radius 3 is 2.71 bits per heavy atom. The van der Waals surface area contributed by atoms with E-state index < -0.39 is 0 Å². The van der Waals surface area contributed by atoms with E-state index in [-0.39, 0.29) is 5.97 Å². The summed E-state index contributed by atoms with van der Waals surface area (Å²) >= 11 is 0. The molecule has 21 heavy (non-hydrogen) atoms. The standard InChI is InChI=1S/C18H26O3/c1-2-21-18(19)12-16-9-6-10-17(11-16)14-20-13-15-7-4-3-5-8-15/h3-5,7-8,16-17H,2,6,9-14H2,1H3/t16-,17+/m0/s1. The highest BCUT2D eigenvalue weighted by molar-refractivity contribution is 5.69. The third kappa shape index (κ3) is 5.88. The molecule has 0 radical (unpaired) electrons. The normalized spacial score (nSPS) is 22.0. The van der Waals surface area contributed by atoms with Crippen molar-refractivity contribution in [3.63, 3.8) is 0 Å². The van der Waals surface area contributed by atoms with Crippen LogP contribution in [0, 0.1) is 11.8 Å². The summed E-state index contributed by atoms with van der Waals surface area (Å²) in [5.74, 6) is 1.01. The summed E-state index contributed by atoms with van der Waals surface area (Å²) < 4.78 is 10.9. The first kappa shape index (κ1) is 16.0. The second kappa shape index (κ2) is 8.83. The number of carbonyl (C=O) groups is 1. The molecule has 1 aromatic carbocycles. The molecule has 0 amide bonds. The number of esters is 1. The van der Waals surface area contributed by atoms with Crippen molar-refractivity contribution in [3.8, 4) is 0 Å². The number of hydrogen-bond acceptors (Lipinski definition) is 3. The van der Waals surface area contributed by atoms with Crippen LogP contribution in [0.25, 0.3) is 0 Å². The van der Waals surface area contributed by atoms with E-state index in [2.05, 4.69) is 12.1 Å². The van der Waals surface area contributed by atoms with Crippen molar-refractivity contribution in [2.24, 2.45) is 11.8 Å². The molecule has 3 heteroatoms. The van der Waals surface area contributed by atoms with Gasteiger partial charge in [-0.05, 0) is 43.6 Å². The molecule has 0 aliphatic heterocycles. The molecule has 1 aliphatic carbocycles. The van der Waals surface area contributed by atoms with E-state index in [0.717, 1.165) is 19.4 Å². The van der Waals surface area contributed by atoms with Crippen molar-refractivity contribution in [2.45, 2.75) is 45.6 Å². The van der Waals surface area contributed by atoms with Crippen molar-refractivity contribution in [1.29, 1.82) is 0 Å². The highest BCUT2D eigenvalue weighted by Gasteiger charge is 2.24. The van der Waals surface area contributed by atoms with Crippen LogP contribution in [-0.4, -0.2) is 19.2 Å². The van der Waals surface area contributed by atoms with E-state index in [0.29, 0.717) is 31.5 Å². The average Bonchev–Trinajstić information content (AvgIpc) is 2.49. The highest BCUT2D eigenvalue weighted by Crippen LogP contribution is 2.31. The maximum Gasteiger partial charge on any atom is 0.306 e. The molecule has 0 N–H and O–H groups in total. The van der Waals surface area contributed by atoms with Crippen LogP contribution in [0.15, 0.2) is 30.3 Å². The molecule has 0 heterocycles. The zero-order valence-electron chi connectivity index (χ0n) is 12.9. The van der Waals surface area contributed by atoms with Gasteiger partial charge in [-0.15, -0.1) is 0 Å². The molecule has 2 atom stereocenters. The molecule has 116 valence electrons. The lowest BCUT2D eigenvalue weighted by atomic mass is 9.80. The summed E-state index contributed by atoms with van der Waals surface area (Å²) in [6, 6.07) is 10.3. The first-order valence-electron chi connectivity index (χ1n) is 8.05. The van der Waals surface area contributed by atoms with Crippen molar-refractivity contribution < 1.29 is 14.3 Å². The van der Waals surface area contributed by atoms with Crippen molar-refractivity contribution in [3.05, 3.63) is 35.9 Å². The number of hydrogen-bond donors (Lipinski definition) is 0. The van der Waals surface area contributed by atoms with Gasteiger partial charge in [0, 0.05) is 13.0 Å². The molecule has 1 aliphatic rings. The Morgan fingerprint density at radius 1 is 1.19 bits per heavy atom. The van der Waals surface area contributed by atoms with Gasteiger partial charge in [0.2, 0.25) is 0 Å². The third-order valence-corrected chi connectivity index (χ3v) is 4.12. The molecule has 1 aromatic rings. The molecule has 0 spiro atoms. The zero-order chi connectivity index (χ0) is 14.9. The predicted octanol–water partition coefficient (Wildman–Crippen LogP) is 3.96. The van der Waals surface area contributed by atoms with E-state index >= 15 is 0 Å². The fraction of sp³-hybridized carbons (Fsp3) is 0.611. The Morgan fingerprint density at radius 2 is 1.95 bits per heavy atom. The Hall–Kier alpha value is -1.35. The van der Waals surface area contributed by atoms with Gasteiger partial charge in [0.1, 0.15) is 0 Å². The maximum absolute atomic E-state index is 11.6. The van der Waals surface area contributed by atoms with Crippen LogP contribution in [0.5, 0.6) is 0 Å². The fourth-order valence-corrected chi connectivity index (χ4v) is 3.11. The highest BCUT2D eigenvalue weighted by atomic mass is 16.5. The van der Waals surface area contributed by atoms with Crippen LogP contribution in [0.1, 0.15) is 44.6 Å². The summed E-state index contributed by atoms with van der Waals surface area (Å²) in [7, 11) is 0. The average molecular weight is 290 g/mol. The van der Waals surface area contributed by atoms with Crippen LogP contribution in [-0.2, 0) is 20.9 Å². The van der Waals surface area contributed by atoms with Gasteiger partial charge in [-0.2, -0.15) is 0 Å². The first-order chi connectivity index (χ1) is 10.3. The Balaban J connectivity index is 1.68. The van der Waals surface area contributed by atoms with Gasteiger partial charge < -0.3 is 9.47 Å². The second-order valence-electron chi connectivity index (χ2n) is 5.91. The minimum atomic E-state index is -0.0478. The topological polar surface area (TPSA) is 35.5 Å². The third-order valence-electron chi connectivity index (χ3n) is 4.12. The van der Waals surface area contributed by atoms with E-state index in [9.17, 15) is 4.79 Å². The summed E-state index contributed by atoms with van der Waals surface area (Å²) in [5.41, 5.74) is 1.22. The Kier molecular flexibility index (Phi) is 6.74. The molecule has 0 saturated heterocycles. The SMILES string of the molecule is CCOC(=O)C[C@H]1CCC[C@@H](COCc2ccccc2)C1. The van der Waals surface area contributed by atoms with Gasteiger partial charge in [0.25, 0.3) is 0 Å². The van der Waals surface area contributed by atoms with Gasteiger partial charge in [-0.1, -0.05) is 36.8 Å². The van der Waals surface area contributed by atoms with E-state index in [4.69, 9.17) is 9.47 Å². The molecular formula is C18H26O3. The fourth-order valence-electron chi connectivity index (χ4n) is 3.11. The molecule has 1 fully saturated rings. The number of carbonyl (C=O) groups excluding carboxylic acids is 1. The molecule has 0 unspecified atom stereocenters. The molecule has 0 aromatic heterocycles. The van der Waals surface area contributed by atoms with Gasteiger partial charge in [-0.25, -0.2) is 0 Å². The lowest BCUT2D eigenvalue weighted by Gasteiger charge is -2.28. The predicted molar refractivity (Wildman–Crippen MR) is 82.8 cm³/mol. The van der Waals surface area contributed by atoms with E-state index in [1.54, 1.807) is 0 Å². The molecule has 2 rings (SSSR count). The molecule has 3 nitrogen and oxygen atoms in total. The Bertz CT molecular complexity index is 416. The summed E-state index contributed by atoms with van der Waals surface area (Å²) in [5, 5.41) is 0. The van der Waals surface area contributed by atoms with E-state index in [1.165, 1.54) is 18.4 Å². The van der Waals surface area contributed by atoms with Crippen LogP contribution in [0.4, 0.5) is 0 Å². The molecule has 1 saturated carbocycles. The minimum absolute atomic E-state index is 0.0478. The Labute approximate surface area is 127 Å². The van der Waals surface area contributed by atoms with Crippen molar-refractivity contribution in [1.82, 2.24) is 0 Å². The quantitative estimate of drug-likeness (QED) is 0.713. The summed E-state index contributed by atoms with van der Waals surface area (Å²) in [6.45, 7) is 3.82. The minimum Gasteiger partial charge on any atom is -0.466 e. The summed E-state index contributed by atoms with van der Waals surface area (Å²) in [6.07, 6.45) is 5.22.